The zero-order valence-corrected chi connectivity index (χ0v) is 83.7. The van der Waals surface area contributed by atoms with Crippen LogP contribution in [0.4, 0.5) is 28.6 Å². The SMILES string of the molecule is CCl.Cc1ccc(-n2ccc3cc(N(CCO)C(=O)c4c(Cl)ncnc4Cl)cc(C4CC4)c32)cn1.Cc1ccc(-n2ccc3cc(N(CCO[Si](C)(C)C(C)(C)C)C(=O)c4c(Cl)ncnc4Cl)cc(C4CC4)c32)cn1.Cc1ccc(-n2ccc3cc(N4CCOc5ncnc(Cl)c5C4=O)cc(C4CC4)c32)cn1.Cc1ccc(-n2ccc3cc(N4CCOc5ncnc(N)c5C4=O)cc(C4CC4)c32)cn1. The van der Waals surface area contributed by atoms with Gasteiger partial charge >= 0.3 is 0 Å². The molecule has 0 spiro atoms. The van der Waals surface area contributed by atoms with Gasteiger partial charge in [-0.3, -0.25) is 39.1 Å². The summed E-state index contributed by atoms with van der Waals surface area (Å²) in [6, 6.07) is 41.2. The number of nitrogens with two attached hydrogens (primary N) is 1. The summed E-state index contributed by atoms with van der Waals surface area (Å²) >= 11 is 36.0. The molecule has 0 unspecified atom stereocenters. The Hall–Kier alpha value is -12.9. The molecule has 12 aromatic heterocycles. The number of halogens is 6. The van der Waals surface area contributed by atoms with E-state index in [0.717, 1.165) is 152 Å². The van der Waals surface area contributed by atoms with Crippen molar-refractivity contribution in [1.82, 2.24) is 78.1 Å². The summed E-state index contributed by atoms with van der Waals surface area (Å²) in [5.41, 5.74) is 27.0. The lowest BCUT2D eigenvalue weighted by atomic mass is 10.0. The number of aromatic nitrogens is 16. The maximum atomic E-state index is 14.1. The van der Waals surface area contributed by atoms with E-state index in [9.17, 15) is 24.3 Å². The number of amides is 4. The standard InChI is InChI=1S/C30H35Cl2N5O2Si.C24H21Cl2N5O2.C24H20ClN5O2.C24H22N6O2.CH3Cl/c1-19-7-10-22(17-33-19)36-12-11-21-15-23(16-24(26(21)36)20-8-9-20)37(13-14-39-40(5,6)30(2,3)4)29(38)25-27(31)34-18-35-28(25)32;1-14-2-5-17(12-27-14)30-7-6-16-10-18(11-19(21(16)30)15-3-4-15)31(8-9-32)24(33)20-22(25)28-13-29-23(20)26;2*1-14-2-5-17(12-26-14)29-7-6-16-10-18(11-19(21(16)29)15-3-4-15)30-8-9-32-23-20(24(30)31)22(25)27-13-28-23;1-2/h7,10-12,15-18,20H,8-9,13-14H2,1-6H3;2,5-7,10-13,15,32H,3-4,8-9H2,1H3;2,5-7,10-13,15H,3-4,8-9H2,1H3;2,5-7,10-13,15H,3-4,8-9H2,1H3,(H2,25,27,28);1H3. The van der Waals surface area contributed by atoms with Crippen LogP contribution >= 0.6 is 69.6 Å². The van der Waals surface area contributed by atoms with Gasteiger partial charge in [-0.15, -0.1) is 11.6 Å². The highest BCUT2D eigenvalue weighted by molar-refractivity contribution is 6.74. The van der Waals surface area contributed by atoms with Crippen molar-refractivity contribution in [3.8, 4) is 34.5 Å². The third-order valence-electron chi connectivity index (χ3n) is 26.2. The zero-order valence-electron chi connectivity index (χ0n) is 78.2. The Morgan fingerprint density at radius 2 is 0.755 bits per heavy atom. The van der Waals surface area contributed by atoms with Gasteiger partial charge in [0.25, 0.3) is 23.6 Å². The summed E-state index contributed by atoms with van der Waals surface area (Å²) in [5, 5.41) is 14.1. The molecule has 14 heterocycles. The second-order valence-electron chi connectivity index (χ2n) is 36.7. The van der Waals surface area contributed by atoms with Crippen molar-refractivity contribution < 1.29 is 38.2 Å². The van der Waals surface area contributed by atoms with Crippen LogP contribution in [0, 0.1) is 27.7 Å². The minimum Gasteiger partial charge on any atom is -0.475 e. The molecule has 0 saturated heterocycles. The summed E-state index contributed by atoms with van der Waals surface area (Å²) in [6.07, 6.45) is 31.3. The number of alkyl halides is 1. The van der Waals surface area contributed by atoms with Gasteiger partial charge in [-0.05, 0) is 264 Å². The molecule has 29 nitrogen and oxygen atoms in total. The van der Waals surface area contributed by atoms with Crippen LogP contribution in [0.3, 0.4) is 0 Å². The van der Waals surface area contributed by atoms with E-state index in [1.54, 1.807) is 14.7 Å². The Bertz CT molecular complexity index is 7110. The largest absolute Gasteiger partial charge is 0.475 e. The molecule has 712 valence electrons. The van der Waals surface area contributed by atoms with E-state index in [1.807, 2.05) is 107 Å². The molecule has 0 radical (unpaired) electrons. The first-order valence-electron chi connectivity index (χ1n) is 46.0. The van der Waals surface area contributed by atoms with Crippen LogP contribution < -0.4 is 34.8 Å². The molecule has 4 aliphatic carbocycles. The Labute approximate surface area is 833 Å². The van der Waals surface area contributed by atoms with Gasteiger partial charge in [0.15, 0.2) is 8.32 Å². The number of nitrogens with zero attached hydrogens (tertiary/aromatic N) is 20. The topological polar surface area (TPSA) is 330 Å². The fraction of sp³-hybridized carbons (Fsp3) is 0.301. The molecule has 0 bridgehead atoms. The number of carbonyl (C=O) groups is 4. The molecule has 139 heavy (non-hydrogen) atoms. The van der Waals surface area contributed by atoms with Crippen LogP contribution in [0.1, 0.15) is 182 Å². The Morgan fingerprint density at radius 1 is 0.432 bits per heavy atom. The number of aliphatic hydroxyl groups is 1. The van der Waals surface area contributed by atoms with Crippen molar-refractivity contribution in [1.29, 1.82) is 0 Å². The predicted octanol–water partition coefficient (Wildman–Crippen LogP) is 22.1. The molecule has 4 fully saturated rings. The summed E-state index contributed by atoms with van der Waals surface area (Å²) in [5.74, 6) is 1.15. The van der Waals surface area contributed by atoms with E-state index in [2.05, 4.69) is 215 Å². The molecule has 16 aromatic rings. The van der Waals surface area contributed by atoms with Crippen LogP contribution in [0.25, 0.3) is 66.4 Å². The molecular formula is C103H101Cl6N21O8Si. The van der Waals surface area contributed by atoms with E-state index in [0.29, 0.717) is 68.8 Å². The van der Waals surface area contributed by atoms with Gasteiger partial charge in [-0.1, -0.05) is 78.8 Å². The highest BCUT2D eigenvalue weighted by Gasteiger charge is 2.41. The summed E-state index contributed by atoms with van der Waals surface area (Å²) in [4.78, 5) is 111. The fourth-order valence-electron chi connectivity index (χ4n) is 17.4. The lowest BCUT2D eigenvalue weighted by Crippen LogP contribution is -2.43. The number of pyridine rings is 4. The molecule has 3 N–H and O–H groups in total. The molecule has 4 amide bonds. The summed E-state index contributed by atoms with van der Waals surface area (Å²) < 4.78 is 26.6. The number of rotatable bonds is 20. The second kappa shape index (κ2) is 40.5. The van der Waals surface area contributed by atoms with Crippen molar-refractivity contribution >= 4 is 174 Å². The van der Waals surface area contributed by atoms with Gasteiger partial charge in [-0.2, -0.15) is 0 Å². The first-order valence-corrected chi connectivity index (χ1v) is 51.5. The first-order chi connectivity index (χ1) is 67.0. The number of aliphatic hydroxyl groups excluding tert-OH is 1. The van der Waals surface area contributed by atoms with Crippen LogP contribution in [0.2, 0.25) is 43.9 Å². The van der Waals surface area contributed by atoms with Gasteiger partial charge in [-0.25, -0.2) is 39.9 Å². The highest BCUT2D eigenvalue weighted by atomic mass is 35.5. The van der Waals surface area contributed by atoms with Crippen molar-refractivity contribution in [2.75, 3.05) is 84.3 Å². The minimum absolute atomic E-state index is 0.0191. The summed E-state index contributed by atoms with van der Waals surface area (Å²) in [7, 11) is -2.03. The molecule has 6 aliphatic rings. The van der Waals surface area contributed by atoms with Crippen molar-refractivity contribution in [2.45, 2.75) is 142 Å². The first kappa shape index (κ1) is 96.4. The van der Waals surface area contributed by atoms with Gasteiger partial charge in [0.2, 0.25) is 11.8 Å². The average Bonchev–Trinajstić information content (AvgIpc) is 1.63. The quantitative estimate of drug-likeness (QED) is 0.0407. The van der Waals surface area contributed by atoms with Crippen molar-refractivity contribution in [2.24, 2.45) is 0 Å². The monoisotopic (exact) mass is 2000 g/mol. The Balaban J connectivity index is 0.000000123. The number of nitrogen functional groups attached to an aromatic ring is 1. The second-order valence-corrected chi connectivity index (χ2v) is 43.3. The Kier molecular flexibility index (Phi) is 28.1. The molecular weight excluding hydrogens is 1900 g/mol. The molecule has 36 heteroatoms. The number of hydrogen-bond acceptors (Lipinski definition) is 21. The van der Waals surface area contributed by atoms with Crippen LogP contribution in [-0.2, 0) is 4.43 Å². The minimum atomic E-state index is -2.03. The third kappa shape index (κ3) is 20.2. The predicted molar refractivity (Wildman–Crippen MR) is 548 cm³/mol. The maximum absolute atomic E-state index is 14.1. The molecule has 2 aliphatic heterocycles. The number of aryl methyl sites for hydroxylation is 4. The molecule has 4 aromatic carbocycles. The highest BCUT2D eigenvalue weighted by Crippen LogP contribution is 2.51. The van der Waals surface area contributed by atoms with Crippen LogP contribution in [-0.4, -0.2) is 174 Å². The van der Waals surface area contributed by atoms with E-state index >= 15 is 0 Å². The maximum Gasteiger partial charge on any atom is 0.267 e. The molecule has 0 atom stereocenters. The molecule has 4 saturated carbocycles. The number of hydrogen-bond donors (Lipinski definition) is 2. The van der Waals surface area contributed by atoms with Gasteiger partial charge in [0.05, 0.1) is 95.9 Å². The van der Waals surface area contributed by atoms with E-state index < -0.39 is 14.2 Å². The smallest absolute Gasteiger partial charge is 0.267 e. The number of anilines is 5. The zero-order chi connectivity index (χ0) is 97.6. The lowest BCUT2D eigenvalue weighted by Gasteiger charge is -2.37. The van der Waals surface area contributed by atoms with Gasteiger partial charge in [0.1, 0.15) is 92.4 Å². The van der Waals surface area contributed by atoms with Crippen molar-refractivity contribution in [3.63, 3.8) is 0 Å². The van der Waals surface area contributed by atoms with Crippen molar-refractivity contribution in [3.05, 3.63) is 289 Å². The average molecular weight is 2000 g/mol. The number of carbonyl (C=O) groups excluding carboxylic acids is 4. The van der Waals surface area contributed by atoms with E-state index in [1.165, 1.54) is 64.3 Å². The summed E-state index contributed by atoms with van der Waals surface area (Å²) in [6.45, 7) is 21.0. The number of benzene rings is 4. The van der Waals surface area contributed by atoms with Crippen LogP contribution in [0.15, 0.2) is 196 Å². The van der Waals surface area contributed by atoms with Crippen LogP contribution in [0.5, 0.6) is 11.8 Å². The molecule has 22 rings (SSSR count). The van der Waals surface area contributed by atoms with E-state index in [-0.39, 0.29) is 102 Å². The number of ether oxygens (including phenoxy) is 2. The van der Waals surface area contributed by atoms with E-state index in [4.69, 9.17) is 77.6 Å². The fourth-order valence-corrected chi connectivity index (χ4v) is 19.6. The third-order valence-corrected chi connectivity index (χ3v) is 32.1. The lowest BCUT2D eigenvalue weighted by molar-refractivity contribution is 0.0973. The van der Waals surface area contributed by atoms with Gasteiger partial charge < -0.3 is 62.6 Å². The Morgan fingerprint density at radius 3 is 1.10 bits per heavy atom. The van der Waals surface area contributed by atoms with Gasteiger partial charge in [0, 0.05) is 111 Å². The number of fused-ring (bicyclic) bond motifs is 6. The normalized spacial score (nSPS) is 14.7.